The highest BCUT2D eigenvalue weighted by Crippen LogP contribution is 2.22. The van der Waals surface area contributed by atoms with Gasteiger partial charge in [0, 0.05) is 25.0 Å². The van der Waals surface area contributed by atoms with Gasteiger partial charge in [0.1, 0.15) is 5.56 Å². The highest BCUT2D eigenvalue weighted by Gasteiger charge is 2.20. The number of nitro benzene ring substituents is 1. The Bertz CT molecular complexity index is 659. The second-order valence-electron chi connectivity index (χ2n) is 4.24. The van der Waals surface area contributed by atoms with Crippen LogP contribution in [0.3, 0.4) is 0 Å². The van der Waals surface area contributed by atoms with Crippen LogP contribution in [0.15, 0.2) is 42.6 Å². The molecule has 1 heterocycles. The maximum Gasteiger partial charge on any atom is 0.282 e. The average molecular weight is 286 g/mol. The molecule has 2 N–H and O–H groups in total. The molecule has 0 saturated carbocycles. The molecule has 7 heteroatoms. The standard InChI is InChI=1S/C14H14N4O3/c1-15-10-5-6-13(18(20)21)12(8-10)14(19)17-9-11-4-2-3-7-16-11/h2-8,15H,9H2,1H3,(H,17,19). The van der Waals surface area contributed by atoms with Crippen LogP contribution >= 0.6 is 0 Å². The van der Waals surface area contributed by atoms with Crippen molar-refractivity contribution in [2.24, 2.45) is 0 Å². The van der Waals surface area contributed by atoms with Crippen LogP contribution < -0.4 is 10.6 Å². The fourth-order valence-electron chi connectivity index (χ4n) is 1.80. The normalized spacial score (nSPS) is 9.95. The summed E-state index contributed by atoms with van der Waals surface area (Å²) in [6.07, 6.45) is 1.62. The molecule has 1 aromatic carbocycles. The van der Waals surface area contributed by atoms with Gasteiger partial charge < -0.3 is 10.6 Å². The van der Waals surface area contributed by atoms with E-state index in [4.69, 9.17) is 0 Å². The molecular weight excluding hydrogens is 272 g/mol. The highest BCUT2D eigenvalue weighted by molar-refractivity contribution is 5.99. The third-order valence-corrected chi connectivity index (χ3v) is 2.88. The van der Waals surface area contributed by atoms with Crippen molar-refractivity contribution < 1.29 is 9.72 Å². The number of hydrogen-bond donors (Lipinski definition) is 2. The number of amides is 1. The molecule has 7 nitrogen and oxygen atoms in total. The van der Waals surface area contributed by atoms with Crippen molar-refractivity contribution >= 4 is 17.3 Å². The van der Waals surface area contributed by atoms with Crippen LogP contribution in [0.4, 0.5) is 11.4 Å². The minimum atomic E-state index is -0.574. The number of nitrogens with one attached hydrogen (secondary N) is 2. The van der Waals surface area contributed by atoms with Gasteiger partial charge in [-0.15, -0.1) is 0 Å². The topological polar surface area (TPSA) is 97.2 Å². The van der Waals surface area contributed by atoms with E-state index in [1.807, 2.05) is 0 Å². The van der Waals surface area contributed by atoms with Gasteiger partial charge in [0.25, 0.3) is 11.6 Å². The summed E-state index contributed by atoms with van der Waals surface area (Å²) >= 11 is 0. The van der Waals surface area contributed by atoms with Gasteiger partial charge in [0.2, 0.25) is 0 Å². The zero-order valence-electron chi connectivity index (χ0n) is 11.4. The number of anilines is 1. The Morgan fingerprint density at radius 3 is 2.76 bits per heavy atom. The van der Waals surface area contributed by atoms with Crippen molar-refractivity contribution in [3.8, 4) is 0 Å². The van der Waals surface area contributed by atoms with Crippen molar-refractivity contribution in [3.63, 3.8) is 0 Å². The van der Waals surface area contributed by atoms with Gasteiger partial charge in [-0.1, -0.05) is 6.07 Å². The van der Waals surface area contributed by atoms with Crippen LogP contribution in [0.5, 0.6) is 0 Å². The quantitative estimate of drug-likeness (QED) is 0.647. The summed E-state index contributed by atoms with van der Waals surface area (Å²) in [4.78, 5) is 26.6. The summed E-state index contributed by atoms with van der Waals surface area (Å²) in [5.41, 5.74) is 1.09. The van der Waals surface area contributed by atoms with Gasteiger partial charge in [-0.25, -0.2) is 0 Å². The van der Waals surface area contributed by atoms with Gasteiger partial charge in [-0.05, 0) is 24.3 Å². The molecule has 2 rings (SSSR count). The second kappa shape index (κ2) is 6.47. The highest BCUT2D eigenvalue weighted by atomic mass is 16.6. The first-order chi connectivity index (χ1) is 10.1. The Morgan fingerprint density at radius 2 is 2.14 bits per heavy atom. The maximum atomic E-state index is 12.1. The van der Waals surface area contributed by atoms with Crippen molar-refractivity contribution in [1.82, 2.24) is 10.3 Å². The summed E-state index contributed by atoms with van der Waals surface area (Å²) in [6.45, 7) is 0.209. The van der Waals surface area contributed by atoms with Gasteiger partial charge in [0.15, 0.2) is 0 Å². The third-order valence-electron chi connectivity index (χ3n) is 2.88. The number of aromatic nitrogens is 1. The van der Waals surface area contributed by atoms with Gasteiger partial charge in [0.05, 0.1) is 17.2 Å². The van der Waals surface area contributed by atoms with E-state index in [-0.39, 0.29) is 17.8 Å². The summed E-state index contributed by atoms with van der Waals surface area (Å²) in [6, 6.07) is 9.64. The minimum Gasteiger partial charge on any atom is -0.388 e. The summed E-state index contributed by atoms with van der Waals surface area (Å²) < 4.78 is 0. The Balaban J connectivity index is 2.19. The molecule has 0 spiro atoms. The smallest absolute Gasteiger partial charge is 0.282 e. The van der Waals surface area contributed by atoms with Crippen LogP contribution in [0.1, 0.15) is 16.1 Å². The first-order valence-corrected chi connectivity index (χ1v) is 6.26. The van der Waals surface area contributed by atoms with E-state index in [9.17, 15) is 14.9 Å². The van der Waals surface area contributed by atoms with E-state index < -0.39 is 10.8 Å². The average Bonchev–Trinajstić information content (AvgIpc) is 2.52. The van der Waals surface area contributed by atoms with Crippen molar-refractivity contribution in [2.75, 3.05) is 12.4 Å². The molecule has 0 unspecified atom stereocenters. The lowest BCUT2D eigenvalue weighted by Gasteiger charge is -2.07. The second-order valence-corrected chi connectivity index (χ2v) is 4.24. The predicted molar refractivity (Wildman–Crippen MR) is 78.1 cm³/mol. The molecule has 0 saturated heterocycles. The van der Waals surface area contributed by atoms with Crippen molar-refractivity contribution in [2.45, 2.75) is 6.54 Å². The molecule has 0 bridgehead atoms. The Kier molecular flexibility index (Phi) is 4.45. The van der Waals surface area contributed by atoms with Crippen molar-refractivity contribution in [1.29, 1.82) is 0 Å². The summed E-state index contributed by atoms with van der Waals surface area (Å²) in [7, 11) is 1.68. The van der Waals surface area contributed by atoms with Crippen LogP contribution in [0, 0.1) is 10.1 Å². The van der Waals surface area contributed by atoms with Crippen molar-refractivity contribution in [3.05, 3.63) is 64.0 Å². The molecular formula is C14H14N4O3. The Hall–Kier alpha value is -2.96. The Labute approximate surface area is 121 Å². The molecule has 1 aromatic heterocycles. The predicted octanol–water partition coefficient (Wildman–Crippen LogP) is 1.96. The molecule has 2 aromatic rings. The molecule has 0 aliphatic carbocycles. The maximum absolute atomic E-state index is 12.1. The number of hydrogen-bond acceptors (Lipinski definition) is 5. The molecule has 0 aliphatic rings. The first kappa shape index (κ1) is 14.4. The molecule has 0 radical (unpaired) electrons. The van der Waals surface area contributed by atoms with E-state index in [2.05, 4.69) is 15.6 Å². The number of rotatable bonds is 5. The summed E-state index contributed by atoms with van der Waals surface area (Å²) in [5, 5.41) is 16.5. The SMILES string of the molecule is CNc1ccc([N+](=O)[O-])c(C(=O)NCc2ccccn2)c1. The van der Waals surface area contributed by atoms with E-state index >= 15 is 0 Å². The molecule has 21 heavy (non-hydrogen) atoms. The lowest BCUT2D eigenvalue weighted by Crippen LogP contribution is -2.24. The molecule has 0 atom stereocenters. The fraction of sp³-hybridized carbons (Fsp3) is 0.143. The van der Waals surface area contributed by atoms with E-state index in [0.29, 0.717) is 11.4 Å². The number of pyridine rings is 1. The zero-order chi connectivity index (χ0) is 15.2. The summed E-state index contributed by atoms with van der Waals surface area (Å²) in [5.74, 6) is -0.510. The zero-order valence-corrected chi connectivity index (χ0v) is 11.4. The third kappa shape index (κ3) is 3.53. The van der Waals surface area contributed by atoms with E-state index in [0.717, 1.165) is 0 Å². The van der Waals surface area contributed by atoms with Gasteiger partial charge in [-0.3, -0.25) is 19.9 Å². The van der Waals surface area contributed by atoms with Crippen LogP contribution in [-0.4, -0.2) is 22.9 Å². The lowest BCUT2D eigenvalue weighted by atomic mass is 10.1. The minimum absolute atomic E-state index is 0.0165. The van der Waals surface area contributed by atoms with Gasteiger partial charge in [-0.2, -0.15) is 0 Å². The van der Waals surface area contributed by atoms with E-state index in [1.165, 1.54) is 12.1 Å². The Morgan fingerprint density at radius 1 is 1.33 bits per heavy atom. The largest absolute Gasteiger partial charge is 0.388 e. The number of carbonyl (C=O) groups is 1. The van der Waals surface area contributed by atoms with Crippen LogP contribution in [0.25, 0.3) is 0 Å². The number of carbonyl (C=O) groups excluding carboxylic acids is 1. The van der Waals surface area contributed by atoms with Crippen LogP contribution in [0.2, 0.25) is 0 Å². The molecule has 0 fully saturated rings. The molecule has 108 valence electrons. The monoisotopic (exact) mass is 286 g/mol. The lowest BCUT2D eigenvalue weighted by molar-refractivity contribution is -0.385. The molecule has 1 amide bonds. The van der Waals surface area contributed by atoms with E-state index in [1.54, 1.807) is 37.5 Å². The number of nitrogens with zero attached hydrogens (tertiary/aromatic N) is 2. The number of nitro groups is 1. The molecule has 0 aliphatic heterocycles. The van der Waals surface area contributed by atoms with Gasteiger partial charge >= 0.3 is 0 Å². The number of benzene rings is 1. The fourth-order valence-corrected chi connectivity index (χ4v) is 1.80. The van der Waals surface area contributed by atoms with Crippen LogP contribution in [-0.2, 0) is 6.54 Å². The first-order valence-electron chi connectivity index (χ1n) is 6.26.